The molecule has 0 saturated heterocycles. The van der Waals surface area contributed by atoms with E-state index in [-0.39, 0.29) is 5.56 Å². The molecule has 0 spiro atoms. The Labute approximate surface area is 124 Å². The molecule has 19 heavy (non-hydrogen) atoms. The average Bonchev–Trinajstić information content (AvgIpc) is 2.37. The predicted octanol–water partition coefficient (Wildman–Crippen LogP) is 3.78. The van der Waals surface area contributed by atoms with Gasteiger partial charge in [0, 0.05) is 9.50 Å². The van der Waals surface area contributed by atoms with Gasteiger partial charge in [-0.3, -0.25) is 4.79 Å². The van der Waals surface area contributed by atoms with Gasteiger partial charge in [0.15, 0.2) is 0 Å². The van der Waals surface area contributed by atoms with Crippen molar-refractivity contribution in [3.05, 3.63) is 63.1 Å². The number of amides is 1. The molecule has 0 radical (unpaired) electrons. The van der Waals surface area contributed by atoms with Crippen LogP contribution in [0.2, 0.25) is 5.02 Å². The first-order chi connectivity index (χ1) is 9.06. The maximum absolute atomic E-state index is 11.3. The highest BCUT2D eigenvalue weighted by molar-refractivity contribution is 9.10. The zero-order valence-corrected chi connectivity index (χ0v) is 12.2. The number of carbonyl (C=O) groups is 1. The number of carbonyl (C=O) groups excluding carboxylic acids is 1. The summed E-state index contributed by atoms with van der Waals surface area (Å²) in [5, 5.41) is 0.448. The summed E-state index contributed by atoms with van der Waals surface area (Å²) >= 11 is 9.22. The van der Waals surface area contributed by atoms with Crippen LogP contribution < -0.4 is 10.5 Å². The second kappa shape index (κ2) is 6.08. The Kier molecular flexibility index (Phi) is 4.45. The van der Waals surface area contributed by atoms with Gasteiger partial charge in [-0.2, -0.15) is 0 Å². The zero-order chi connectivity index (χ0) is 13.8. The third kappa shape index (κ3) is 3.72. The largest absolute Gasteiger partial charge is 0.488 e. The van der Waals surface area contributed by atoms with Crippen molar-refractivity contribution < 1.29 is 9.53 Å². The molecule has 0 unspecified atom stereocenters. The normalized spacial score (nSPS) is 10.2. The number of halogens is 2. The van der Waals surface area contributed by atoms with Crippen LogP contribution >= 0.6 is 27.5 Å². The Morgan fingerprint density at radius 1 is 1.26 bits per heavy atom. The number of nitrogens with two attached hydrogens (primary N) is 1. The van der Waals surface area contributed by atoms with E-state index in [0.717, 1.165) is 10.0 Å². The van der Waals surface area contributed by atoms with Gasteiger partial charge < -0.3 is 10.5 Å². The smallest absolute Gasteiger partial charge is 0.252 e. The van der Waals surface area contributed by atoms with Crippen molar-refractivity contribution in [3.8, 4) is 5.75 Å². The molecule has 2 N–H and O–H groups in total. The molecule has 2 rings (SSSR count). The molecular formula is C14H11BrClNO2. The van der Waals surface area contributed by atoms with Crippen molar-refractivity contribution in [2.45, 2.75) is 6.61 Å². The Morgan fingerprint density at radius 3 is 2.74 bits per heavy atom. The lowest BCUT2D eigenvalue weighted by Crippen LogP contribution is -2.13. The van der Waals surface area contributed by atoms with E-state index in [1.54, 1.807) is 12.1 Å². The second-order valence-corrected chi connectivity index (χ2v) is 5.28. The van der Waals surface area contributed by atoms with Crippen LogP contribution in [0.15, 0.2) is 46.9 Å². The van der Waals surface area contributed by atoms with Crippen LogP contribution in [0, 0.1) is 0 Å². The number of rotatable bonds is 4. The fourth-order valence-electron chi connectivity index (χ4n) is 1.61. The molecule has 0 aromatic heterocycles. The van der Waals surface area contributed by atoms with Crippen molar-refractivity contribution in [2.75, 3.05) is 0 Å². The van der Waals surface area contributed by atoms with Gasteiger partial charge in [-0.05, 0) is 35.9 Å². The topological polar surface area (TPSA) is 52.3 Å². The molecule has 3 nitrogen and oxygen atoms in total. The van der Waals surface area contributed by atoms with Crippen LogP contribution in [0.1, 0.15) is 15.9 Å². The molecule has 2 aromatic carbocycles. The molecule has 0 fully saturated rings. The van der Waals surface area contributed by atoms with Gasteiger partial charge in [-0.15, -0.1) is 0 Å². The summed E-state index contributed by atoms with van der Waals surface area (Å²) < 4.78 is 6.59. The number of primary amides is 1. The van der Waals surface area contributed by atoms with E-state index >= 15 is 0 Å². The standard InChI is InChI=1S/C14H11BrClNO2/c15-10-3-1-2-9(6-10)8-19-13-5-4-11(16)7-12(13)14(17)18/h1-7H,8H2,(H2,17,18). The van der Waals surface area contributed by atoms with Gasteiger partial charge in [0.1, 0.15) is 12.4 Å². The van der Waals surface area contributed by atoms with Gasteiger partial charge in [0.2, 0.25) is 0 Å². The number of benzene rings is 2. The quantitative estimate of drug-likeness (QED) is 0.921. The zero-order valence-electron chi connectivity index (χ0n) is 9.90. The van der Waals surface area contributed by atoms with Crippen molar-refractivity contribution in [1.29, 1.82) is 0 Å². The van der Waals surface area contributed by atoms with Gasteiger partial charge in [-0.1, -0.05) is 39.7 Å². The molecule has 0 heterocycles. The highest BCUT2D eigenvalue weighted by atomic mass is 79.9. The van der Waals surface area contributed by atoms with E-state index in [1.165, 1.54) is 6.07 Å². The first-order valence-corrected chi connectivity index (χ1v) is 6.70. The van der Waals surface area contributed by atoms with Crippen LogP contribution in [0.25, 0.3) is 0 Å². The van der Waals surface area contributed by atoms with Crippen molar-refractivity contribution in [1.82, 2.24) is 0 Å². The summed E-state index contributed by atoms with van der Waals surface area (Å²) in [6.07, 6.45) is 0. The highest BCUT2D eigenvalue weighted by Gasteiger charge is 2.10. The summed E-state index contributed by atoms with van der Waals surface area (Å²) in [7, 11) is 0. The minimum atomic E-state index is -0.563. The lowest BCUT2D eigenvalue weighted by molar-refractivity contribution is 0.0996. The maximum atomic E-state index is 11.3. The second-order valence-electron chi connectivity index (χ2n) is 3.92. The van der Waals surface area contributed by atoms with E-state index < -0.39 is 5.91 Å². The predicted molar refractivity (Wildman–Crippen MR) is 78.4 cm³/mol. The molecule has 1 amide bonds. The van der Waals surface area contributed by atoms with E-state index in [9.17, 15) is 4.79 Å². The molecule has 5 heteroatoms. The van der Waals surface area contributed by atoms with E-state index in [2.05, 4.69) is 15.9 Å². The van der Waals surface area contributed by atoms with Crippen molar-refractivity contribution in [2.24, 2.45) is 5.73 Å². The van der Waals surface area contributed by atoms with E-state index in [0.29, 0.717) is 17.4 Å². The Balaban J connectivity index is 2.17. The summed E-state index contributed by atoms with van der Waals surface area (Å²) in [5.41, 5.74) is 6.56. The Morgan fingerprint density at radius 2 is 2.05 bits per heavy atom. The lowest BCUT2D eigenvalue weighted by atomic mass is 10.2. The van der Waals surface area contributed by atoms with Crippen LogP contribution in [0.3, 0.4) is 0 Å². The first kappa shape index (κ1) is 13.9. The van der Waals surface area contributed by atoms with Gasteiger partial charge in [-0.25, -0.2) is 0 Å². The number of hydrogen-bond acceptors (Lipinski definition) is 2. The minimum absolute atomic E-state index is 0.280. The van der Waals surface area contributed by atoms with Gasteiger partial charge >= 0.3 is 0 Å². The molecular weight excluding hydrogens is 330 g/mol. The number of hydrogen-bond donors (Lipinski definition) is 1. The first-order valence-electron chi connectivity index (χ1n) is 5.53. The minimum Gasteiger partial charge on any atom is -0.488 e. The maximum Gasteiger partial charge on any atom is 0.252 e. The van der Waals surface area contributed by atoms with Crippen LogP contribution in [0.4, 0.5) is 0 Å². The molecule has 2 aromatic rings. The molecule has 0 atom stereocenters. The fourth-order valence-corrected chi connectivity index (χ4v) is 2.23. The molecule has 98 valence electrons. The number of ether oxygens (including phenoxy) is 1. The van der Waals surface area contributed by atoms with E-state index in [1.807, 2.05) is 24.3 Å². The summed E-state index contributed by atoms with van der Waals surface area (Å²) in [6, 6.07) is 12.5. The third-order valence-corrected chi connectivity index (χ3v) is 3.22. The Hall–Kier alpha value is -1.52. The van der Waals surface area contributed by atoms with Crippen molar-refractivity contribution >= 4 is 33.4 Å². The molecule has 0 aliphatic heterocycles. The Bertz CT molecular complexity index is 616. The lowest BCUT2D eigenvalue weighted by Gasteiger charge is -2.10. The van der Waals surface area contributed by atoms with Gasteiger partial charge in [0.05, 0.1) is 5.56 Å². The van der Waals surface area contributed by atoms with Crippen molar-refractivity contribution in [3.63, 3.8) is 0 Å². The highest BCUT2D eigenvalue weighted by Crippen LogP contribution is 2.23. The monoisotopic (exact) mass is 339 g/mol. The molecule has 0 aliphatic carbocycles. The van der Waals surface area contributed by atoms with Crippen LogP contribution in [-0.2, 0) is 6.61 Å². The van der Waals surface area contributed by atoms with E-state index in [4.69, 9.17) is 22.1 Å². The SMILES string of the molecule is NC(=O)c1cc(Cl)ccc1OCc1cccc(Br)c1. The van der Waals surface area contributed by atoms with Gasteiger partial charge in [0.25, 0.3) is 5.91 Å². The van der Waals surface area contributed by atoms with Crippen LogP contribution in [-0.4, -0.2) is 5.91 Å². The molecule has 0 saturated carbocycles. The molecule has 0 bridgehead atoms. The summed E-state index contributed by atoms with van der Waals surface area (Å²) in [5.74, 6) is -0.136. The summed E-state index contributed by atoms with van der Waals surface area (Å²) in [4.78, 5) is 11.3. The molecule has 0 aliphatic rings. The van der Waals surface area contributed by atoms with Crippen LogP contribution in [0.5, 0.6) is 5.75 Å². The summed E-state index contributed by atoms with van der Waals surface area (Å²) in [6.45, 7) is 0.349. The fraction of sp³-hybridized carbons (Fsp3) is 0.0714. The average molecular weight is 341 g/mol. The third-order valence-electron chi connectivity index (χ3n) is 2.49.